The standard InChI is InChI=1S/C21H29ClFN3O5/c1-20(2,3)30-18(28)14(26-19(29)31-21(4,5)6)10-12-24-15(27)8-7-13-9-11-25-17(22)16(13)23/h7-9,11,14H,10,12H2,1-6H3,(H,24,27)(H,26,29)/b8-7+. The van der Waals surface area contributed by atoms with E-state index in [2.05, 4.69) is 15.6 Å². The van der Waals surface area contributed by atoms with Gasteiger partial charge in [0.15, 0.2) is 11.0 Å². The Balaban J connectivity index is 2.71. The zero-order valence-corrected chi connectivity index (χ0v) is 19.3. The molecule has 0 fully saturated rings. The van der Waals surface area contributed by atoms with Crippen LogP contribution >= 0.6 is 11.6 Å². The molecule has 2 N–H and O–H groups in total. The fourth-order valence-electron chi connectivity index (χ4n) is 2.20. The van der Waals surface area contributed by atoms with Crippen molar-refractivity contribution in [2.24, 2.45) is 0 Å². The van der Waals surface area contributed by atoms with Crippen LogP contribution in [-0.2, 0) is 19.1 Å². The molecule has 0 saturated carbocycles. The highest BCUT2D eigenvalue weighted by Crippen LogP contribution is 2.16. The van der Waals surface area contributed by atoms with E-state index in [4.69, 9.17) is 21.1 Å². The highest BCUT2D eigenvalue weighted by Gasteiger charge is 2.28. The summed E-state index contributed by atoms with van der Waals surface area (Å²) >= 11 is 5.60. The summed E-state index contributed by atoms with van der Waals surface area (Å²) in [6.45, 7) is 10.2. The second kappa shape index (κ2) is 11.1. The first-order valence-corrected chi connectivity index (χ1v) is 10.0. The Morgan fingerprint density at radius 2 is 1.77 bits per heavy atom. The highest BCUT2D eigenvalue weighted by atomic mass is 35.5. The molecule has 31 heavy (non-hydrogen) atoms. The van der Waals surface area contributed by atoms with Gasteiger partial charge in [0.1, 0.15) is 17.2 Å². The monoisotopic (exact) mass is 457 g/mol. The van der Waals surface area contributed by atoms with E-state index in [9.17, 15) is 18.8 Å². The van der Waals surface area contributed by atoms with Crippen molar-refractivity contribution in [1.82, 2.24) is 15.6 Å². The molecule has 10 heteroatoms. The SMILES string of the molecule is CC(C)(C)OC(=O)NC(CCNC(=O)/C=C/c1ccnc(Cl)c1F)C(=O)OC(C)(C)C. The Morgan fingerprint density at radius 3 is 2.35 bits per heavy atom. The zero-order chi connectivity index (χ0) is 23.8. The van der Waals surface area contributed by atoms with Crippen LogP contribution in [0.2, 0.25) is 5.15 Å². The second-order valence-electron chi connectivity index (χ2n) is 8.65. The van der Waals surface area contributed by atoms with Gasteiger partial charge in [0.2, 0.25) is 5.91 Å². The average Bonchev–Trinajstić information content (AvgIpc) is 2.59. The molecule has 0 aliphatic carbocycles. The molecule has 1 heterocycles. The number of esters is 1. The number of hydrogen-bond donors (Lipinski definition) is 2. The van der Waals surface area contributed by atoms with E-state index in [0.29, 0.717) is 0 Å². The summed E-state index contributed by atoms with van der Waals surface area (Å²) in [6, 6.07) is 0.337. The van der Waals surface area contributed by atoms with Crippen LogP contribution in [0.15, 0.2) is 18.3 Å². The molecule has 0 aliphatic rings. The number of hydrogen-bond acceptors (Lipinski definition) is 6. The molecule has 0 radical (unpaired) electrons. The molecule has 1 aromatic rings. The number of nitrogens with one attached hydrogen (secondary N) is 2. The number of rotatable bonds is 7. The third-order valence-corrected chi connectivity index (χ3v) is 3.67. The molecule has 8 nitrogen and oxygen atoms in total. The molecule has 0 bridgehead atoms. The number of nitrogens with zero attached hydrogens (tertiary/aromatic N) is 1. The Labute approximate surface area is 186 Å². The van der Waals surface area contributed by atoms with Crippen molar-refractivity contribution in [1.29, 1.82) is 0 Å². The summed E-state index contributed by atoms with van der Waals surface area (Å²) in [5.41, 5.74) is -1.40. The van der Waals surface area contributed by atoms with E-state index in [1.54, 1.807) is 41.5 Å². The molecule has 1 rings (SSSR count). The number of carbonyl (C=O) groups excluding carboxylic acids is 3. The van der Waals surface area contributed by atoms with Gasteiger partial charge in [0.25, 0.3) is 0 Å². The summed E-state index contributed by atoms with van der Waals surface area (Å²) in [4.78, 5) is 40.1. The van der Waals surface area contributed by atoms with Crippen LogP contribution in [0, 0.1) is 5.82 Å². The lowest BCUT2D eigenvalue weighted by atomic mass is 10.1. The quantitative estimate of drug-likeness (QED) is 0.368. The van der Waals surface area contributed by atoms with E-state index in [-0.39, 0.29) is 23.7 Å². The average molecular weight is 458 g/mol. The normalized spacial score (nSPS) is 12.9. The van der Waals surface area contributed by atoms with Crippen LogP contribution in [0.1, 0.15) is 53.5 Å². The minimum Gasteiger partial charge on any atom is -0.458 e. The molecule has 0 spiro atoms. The summed E-state index contributed by atoms with van der Waals surface area (Å²) in [6.07, 6.45) is 2.97. The number of carbonyl (C=O) groups is 3. The van der Waals surface area contributed by atoms with Gasteiger partial charge in [-0.25, -0.2) is 19.0 Å². The third kappa shape index (κ3) is 10.8. The predicted octanol–water partition coefficient (Wildman–Crippen LogP) is 3.63. The molecule has 1 unspecified atom stereocenters. The van der Waals surface area contributed by atoms with Gasteiger partial charge in [-0.2, -0.15) is 0 Å². The van der Waals surface area contributed by atoms with E-state index >= 15 is 0 Å². The molecule has 2 amide bonds. The lowest BCUT2D eigenvalue weighted by Crippen LogP contribution is -2.47. The van der Waals surface area contributed by atoms with Gasteiger partial charge in [-0.15, -0.1) is 0 Å². The van der Waals surface area contributed by atoms with E-state index in [1.807, 2.05) is 0 Å². The summed E-state index contributed by atoms with van der Waals surface area (Å²) in [7, 11) is 0. The van der Waals surface area contributed by atoms with Crippen LogP contribution in [0.4, 0.5) is 9.18 Å². The van der Waals surface area contributed by atoms with Gasteiger partial charge in [0.05, 0.1) is 0 Å². The minimum absolute atomic E-state index is 0.0441. The van der Waals surface area contributed by atoms with Crippen molar-refractivity contribution in [3.05, 3.63) is 34.9 Å². The Morgan fingerprint density at radius 1 is 1.16 bits per heavy atom. The van der Waals surface area contributed by atoms with Crippen molar-refractivity contribution in [3.8, 4) is 0 Å². The third-order valence-electron chi connectivity index (χ3n) is 3.41. The van der Waals surface area contributed by atoms with Gasteiger partial charge in [-0.05, 0) is 60.1 Å². The van der Waals surface area contributed by atoms with Crippen LogP contribution in [-0.4, -0.2) is 46.7 Å². The van der Waals surface area contributed by atoms with Crippen molar-refractivity contribution < 1.29 is 28.2 Å². The Hall–Kier alpha value is -2.68. The first-order valence-electron chi connectivity index (χ1n) is 9.66. The smallest absolute Gasteiger partial charge is 0.408 e. The van der Waals surface area contributed by atoms with Gasteiger partial charge < -0.3 is 20.1 Å². The van der Waals surface area contributed by atoms with E-state index < -0.39 is 41.0 Å². The molecule has 0 aromatic carbocycles. The van der Waals surface area contributed by atoms with Crippen LogP contribution in [0.5, 0.6) is 0 Å². The van der Waals surface area contributed by atoms with Crippen molar-refractivity contribution in [2.75, 3.05) is 6.54 Å². The maximum absolute atomic E-state index is 13.8. The first-order chi connectivity index (χ1) is 14.2. The maximum Gasteiger partial charge on any atom is 0.408 e. The topological polar surface area (TPSA) is 107 Å². The first kappa shape index (κ1) is 26.4. The Kier molecular flexibility index (Phi) is 9.42. The van der Waals surface area contributed by atoms with Crippen LogP contribution < -0.4 is 10.6 Å². The van der Waals surface area contributed by atoms with Crippen molar-refractivity contribution in [2.45, 2.75) is 65.2 Å². The molecule has 172 valence electrons. The molecular weight excluding hydrogens is 429 g/mol. The van der Waals surface area contributed by atoms with E-state index in [1.165, 1.54) is 18.3 Å². The number of halogens is 2. The highest BCUT2D eigenvalue weighted by molar-refractivity contribution is 6.29. The second-order valence-corrected chi connectivity index (χ2v) is 9.01. The van der Waals surface area contributed by atoms with Gasteiger partial charge >= 0.3 is 12.1 Å². The van der Waals surface area contributed by atoms with Crippen molar-refractivity contribution >= 4 is 35.6 Å². The lowest BCUT2D eigenvalue weighted by Gasteiger charge is -2.26. The number of amides is 2. The molecule has 0 saturated heterocycles. The summed E-state index contributed by atoms with van der Waals surface area (Å²) in [5, 5.41) is 4.73. The molecular formula is C21H29ClFN3O5. The van der Waals surface area contributed by atoms with Crippen molar-refractivity contribution in [3.63, 3.8) is 0 Å². The summed E-state index contributed by atoms with van der Waals surface area (Å²) in [5.74, 6) is -1.91. The fraction of sp³-hybridized carbons (Fsp3) is 0.524. The zero-order valence-electron chi connectivity index (χ0n) is 18.5. The van der Waals surface area contributed by atoms with E-state index in [0.717, 1.165) is 6.08 Å². The molecule has 1 atom stereocenters. The number of aromatic nitrogens is 1. The van der Waals surface area contributed by atoms with Gasteiger partial charge in [-0.3, -0.25) is 4.79 Å². The molecule has 1 aromatic heterocycles. The fourth-order valence-corrected chi connectivity index (χ4v) is 2.36. The van der Waals surface area contributed by atoms with Gasteiger partial charge in [0, 0.05) is 24.4 Å². The number of ether oxygens (including phenoxy) is 2. The lowest BCUT2D eigenvalue weighted by molar-refractivity contribution is -0.157. The predicted molar refractivity (Wildman–Crippen MR) is 115 cm³/mol. The number of pyridine rings is 1. The molecule has 0 aliphatic heterocycles. The van der Waals surface area contributed by atoms with Gasteiger partial charge in [-0.1, -0.05) is 11.6 Å². The van der Waals surface area contributed by atoms with Crippen LogP contribution in [0.3, 0.4) is 0 Å². The Bertz CT molecular complexity index is 831. The number of alkyl carbamates (subject to hydrolysis) is 1. The van der Waals surface area contributed by atoms with Crippen LogP contribution in [0.25, 0.3) is 6.08 Å². The largest absolute Gasteiger partial charge is 0.458 e. The minimum atomic E-state index is -1.03. The summed E-state index contributed by atoms with van der Waals surface area (Å²) < 4.78 is 24.3. The maximum atomic E-state index is 13.8.